The second-order valence-electron chi connectivity index (χ2n) is 11.3. The molecule has 4 aliphatic carbocycles. The summed E-state index contributed by atoms with van der Waals surface area (Å²) in [6.45, 7) is 2.26. The van der Waals surface area contributed by atoms with Crippen LogP contribution in [-0.2, 0) is 14.3 Å². The summed E-state index contributed by atoms with van der Waals surface area (Å²) in [6.07, 6.45) is 20.2. The fourth-order valence-electron chi connectivity index (χ4n) is 5.50. The molecule has 0 bridgehead atoms. The van der Waals surface area contributed by atoms with E-state index in [1.807, 2.05) is 19.1 Å². The van der Waals surface area contributed by atoms with Gasteiger partial charge in [-0.3, -0.25) is 24.6 Å². The molecule has 0 saturated heterocycles. The molecule has 2 amide bonds. The Morgan fingerprint density at radius 1 is 1.24 bits per heavy atom. The van der Waals surface area contributed by atoms with E-state index in [1.54, 1.807) is 23.1 Å². The number of allylic oxidation sites excluding steroid dienone is 5. The van der Waals surface area contributed by atoms with Crippen molar-refractivity contribution in [2.75, 3.05) is 13.1 Å². The molecule has 0 aliphatic heterocycles. The Kier molecular flexibility index (Phi) is 9.78. The molecule has 2 atom stereocenters. The number of nitro groups is 1. The fraction of sp³-hybridized carbons (Fsp3) is 0.484. The third-order valence-electron chi connectivity index (χ3n) is 7.93. The van der Waals surface area contributed by atoms with Crippen molar-refractivity contribution in [3.63, 3.8) is 0 Å². The molecule has 0 aromatic rings. The molecule has 2 N–H and O–H groups in total. The first-order chi connectivity index (χ1) is 19.6. The number of rotatable bonds is 10. The minimum atomic E-state index is -0.987. The van der Waals surface area contributed by atoms with Crippen molar-refractivity contribution in [3.8, 4) is 0 Å². The maximum absolute atomic E-state index is 13.6. The van der Waals surface area contributed by atoms with Crippen molar-refractivity contribution < 1.29 is 29.2 Å². The first-order valence-corrected chi connectivity index (χ1v) is 14.2. The van der Waals surface area contributed by atoms with Crippen molar-refractivity contribution >= 4 is 18.0 Å². The molecule has 41 heavy (non-hydrogen) atoms. The first kappa shape index (κ1) is 29.8. The molecular formula is C31H37N3O7. The minimum Gasteiger partial charge on any atom is -0.481 e. The van der Waals surface area contributed by atoms with Crippen molar-refractivity contribution in [1.29, 1.82) is 0 Å². The molecule has 1 fully saturated rings. The Morgan fingerprint density at radius 3 is 2.66 bits per heavy atom. The quantitative estimate of drug-likeness (QED) is 0.208. The van der Waals surface area contributed by atoms with Crippen molar-refractivity contribution in [2.24, 2.45) is 11.3 Å². The highest BCUT2D eigenvalue weighted by Gasteiger charge is 2.33. The molecule has 218 valence electrons. The summed E-state index contributed by atoms with van der Waals surface area (Å²) < 4.78 is 5.69. The van der Waals surface area contributed by atoms with Gasteiger partial charge in [0.05, 0.1) is 18.5 Å². The number of ether oxygens (including phenoxy) is 1. The predicted octanol–water partition coefficient (Wildman–Crippen LogP) is 5.35. The van der Waals surface area contributed by atoms with Crippen molar-refractivity contribution in [2.45, 2.75) is 70.8 Å². The van der Waals surface area contributed by atoms with Gasteiger partial charge in [-0.05, 0) is 49.0 Å². The van der Waals surface area contributed by atoms with E-state index >= 15 is 0 Å². The smallest absolute Gasteiger partial charge is 0.419 e. The number of hydrogen-bond acceptors (Lipinski definition) is 6. The van der Waals surface area contributed by atoms with E-state index in [0.29, 0.717) is 30.0 Å². The van der Waals surface area contributed by atoms with Crippen LogP contribution in [0.2, 0.25) is 0 Å². The van der Waals surface area contributed by atoms with E-state index in [2.05, 4.69) is 17.1 Å². The average Bonchev–Trinajstić information content (AvgIpc) is 2.97. The van der Waals surface area contributed by atoms with Gasteiger partial charge >= 0.3 is 12.1 Å². The molecule has 10 nitrogen and oxygen atoms in total. The molecule has 10 heteroatoms. The van der Waals surface area contributed by atoms with Gasteiger partial charge in [-0.2, -0.15) is 0 Å². The van der Waals surface area contributed by atoms with E-state index in [4.69, 9.17) is 9.84 Å². The zero-order valence-electron chi connectivity index (χ0n) is 23.3. The lowest BCUT2D eigenvalue weighted by Gasteiger charge is -2.35. The molecular weight excluding hydrogens is 526 g/mol. The highest BCUT2D eigenvalue weighted by molar-refractivity contribution is 5.96. The highest BCUT2D eigenvalue weighted by Crippen LogP contribution is 2.35. The Hall–Kier alpha value is -4.17. The molecule has 0 spiro atoms. The van der Waals surface area contributed by atoms with Gasteiger partial charge in [0, 0.05) is 35.4 Å². The van der Waals surface area contributed by atoms with E-state index < -0.39 is 28.4 Å². The van der Waals surface area contributed by atoms with Crippen molar-refractivity contribution in [1.82, 2.24) is 10.2 Å². The van der Waals surface area contributed by atoms with Crippen LogP contribution in [0, 0.1) is 21.4 Å². The molecule has 0 aromatic carbocycles. The van der Waals surface area contributed by atoms with Crippen LogP contribution in [0.1, 0.15) is 64.7 Å². The second kappa shape index (κ2) is 13.5. The molecule has 4 rings (SSSR count). The van der Waals surface area contributed by atoms with Crippen LogP contribution in [0.3, 0.4) is 0 Å². The molecule has 1 saturated carbocycles. The van der Waals surface area contributed by atoms with Gasteiger partial charge in [0.2, 0.25) is 6.04 Å². The SMILES string of the molecule is CC1(CN(C(=O)OC2=CC=CC([N+](=O)[O-])C2)C2=C=CC(C3CCCCC3)=CC2)C=CC(C(=O)NCCC(=O)O)=CC1. The van der Waals surface area contributed by atoms with Gasteiger partial charge in [-0.1, -0.05) is 62.3 Å². The maximum atomic E-state index is 13.6. The van der Waals surface area contributed by atoms with Crippen LogP contribution in [0.25, 0.3) is 0 Å². The summed E-state index contributed by atoms with van der Waals surface area (Å²) in [5, 5.41) is 22.7. The van der Waals surface area contributed by atoms with Gasteiger partial charge in [-0.25, -0.2) is 4.79 Å². The minimum absolute atomic E-state index is 0.00996. The first-order valence-electron chi connectivity index (χ1n) is 14.2. The summed E-state index contributed by atoms with van der Waals surface area (Å²) >= 11 is 0. The van der Waals surface area contributed by atoms with E-state index in [-0.39, 0.29) is 37.6 Å². The van der Waals surface area contributed by atoms with Crippen LogP contribution in [0.4, 0.5) is 4.79 Å². The van der Waals surface area contributed by atoms with Crippen LogP contribution in [0.15, 0.2) is 76.9 Å². The lowest BCUT2D eigenvalue weighted by Crippen LogP contribution is -2.40. The Bertz CT molecular complexity index is 1290. The standard InChI is InChI=1S/C31H37N3O7/c1-31(17-14-24(15-18-31)29(37)32-19-16-28(35)36)21-33(30(38)41-27-9-5-8-26(20-27)34(39)40)25-12-10-23(11-13-25)22-6-3-2-4-7-22/h5,8-11,14-15,17,22,26H,2-4,6-7,12,16,18-21H2,1H3,(H,32,37)(H,35,36). The molecule has 0 radical (unpaired) electrons. The summed E-state index contributed by atoms with van der Waals surface area (Å²) in [4.78, 5) is 49.1. The predicted molar refractivity (Wildman–Crippen MR) is 152 cm³/mol. The third kappa shape index (κ3) is 8.17. The maximum Gasteiger partial charge on any atom is 0.419 e. The van der Waals surface area contributed by atoms with Gasteiger partial charge in [0.15, 0.2) is 0 Å². The van der Waals surface area contributed by atoms with Gasteiger partial charge in [0.25, 0.3) is 5.91 Å². The topological polar surface area (TPSA) is 139 Å². The van der Waals surface area contributed by atoms with Crippen LogP contribution < -0.4 is 5.32 Å². The Balaban J connectivity index is 1.49. The zero-order valence-corrected chi connectivity index (χ0v) is 23.3. The Labute approximate surface area is 239 Å². The number of carbonyl (C=O) groups excluding carboxylic acids is 2. The number of carbonyl (C=O) groups is 3. The number of aliphatic carboxylic acids is 1. The number of carboxylic acids is 1. The zero-order chi connectivity index (χ0) is 29.4. The van der Waals surface area contributed by atoms with E-state index in [1.165, 1.54) is 37.0 Å². The molecule has 4 aliphatic rings. The normalized spacial score (nSPS) is 24.0. The van der Waals surface area contributed by atoms with Gasteiger partial charge in [-0.15, -0.1) is 0 Å². The van der Waals surface area contributed by atoms with Crippen molar-refractivity contribution in [3.05, 3.63) is 87.1 Å². The molecule has 0 aromatic heterocycles. The number of hydrogen-bond donors (Lipinski definition) is 2. The van der Waals surface area contributed by atoms with Gasteiger partial charge in [0.1, 0.15) is 5.76 Å². The number of nitrogens with one attached hydrogen (secondary N) is 1. The van der Waals surface area contributed by atoms with E-state index in [9.17, 15) is 24.5 Å². The monoisotopic (exact) mass is 563 g/mol. The third-order valence-corrected chi connectivity index (χ3v) is 7.93. The van der Waals surface area contributed by atoms with Crippen LogP contribution in [-0.4, -0.2) is 52.0 Å². The largest absolute Gasteiger partial charge is 0.481 e. The molecule has 2 unspecified atom stereocenters. The number of nitrogens with zero attached hydrogens (tertiary/aromatic N) is 2. The van der Waals surface area contributed by atoms with E-state index in [0.717, 1.165) is 12.8 Å². The Morgan fingerprint density at radius 2 is 2.02 bits per heavy atom. The average molecular weight is 564 g/mol. The van der Waals surface area contributed by atoms with Crippen LogP contribution >= 0.6 is 0 Å². The highest BCUT2D eigenvalue weighted by atomic mass is 16.6. The fourth-order valence-corrected chi connectivity index (χ4v) is 5.50. The second-order valence-corrected chi connectivity index (χ2v) is 11.3. The number of carboxylic acid groups (broad SMARTS) is 1. The number of amides is 2. The van der Waals surface area contributed by atoms with Gasteiger partial charge < -0.3 is 15.2 Å². The lowest BCUT2D eigenvalue weighted by atomic mass is 9.80. The summed E-state index contributed by atoms with van der Waals surface area (Å²) in [5.41, 5.74) is 5.14. The lowest BCUT2D eigenvalue weighted by molar-refractivity contribution is -0.509. The summed E-state index contributed by atoms with van der Waals surface area (Å²) in [5.74, 6) is -0.594. The summed E-state index contributed by atoms with van der Waals surface area (Å²) in [7, 11) is 0. The molecule has 0 heterocycles. The van der Waals surface area contributed by atoms with Crippen LogP contribution in [0.5, 0.6) is 0 Å². The summed E-state index contributed by atoms with van der Waals surface area (Å²) in [6, 6.07) is -0.949.